The van der Waals surface area contributed by atoms with Gasteiger partial charge in [0.25, 0.3) is 0 Å². The second kappa shape index (κ2) is 9.75. The Hall–Kier alpha value is -3.87. The lowest BCUT2D eigenvalue weighted by Crippen LogP contribution is -2.25. The molecule has 1 heterocycles. The molecule has 31 heavy (non-hydrogen) atoms. The van der Waals surface area contributed by atoms with Gasteiger partial charge in [-0.15, -0.1) is 0 Å². The summed E-state index contributed by atoms with van der Waals surface area (Å²) in [5, 5.41) is 3.23. The van der Waals surface area contributed by atoms with E-state index in [-0.39, 0.29) is 12.3 Å². The van der Waals surface area contributed by atoms with Crippen LogP contribution < -0.4 is 5.32 Å². The van der Waals surface area contributed by atoms with E-state index in [9.17, 15) is 14.4 Å². The maximum Gasteiger partial charge on any atom is 0.355 e. The molecule has 7 heteroatoms. The maximum absolute atomic E-state index is 13.0. The molecule has 0 fully saturated rings. The van der Waals surface area contributed by atoms with E-state index >= 15 is 0 Å². The lowest BCUT2D eigenvalue weighted by Gasteiger charge is -2.12. The second-order valence-electron chi connectivity index (χ2n) is 6.80. The van der Waals surface area contributed by atoms with Crippen molar-refractivity contribution in [1.29, 1.82) is 0 Å². The van der Waals surface area contributed by atoms with E-state index in [0.29, 0.717) is 17.8 Å². The first-order valence-corrected chi connectivity index (χ1v) is 9.86. The predicted octanol–water partition coefficient (Wildman–Crippen LogP) is 3.52. The summed E-state index contributed by atoms with van der Waals surface area (Å²) in [5.41, 5.74) is 2.49. The molecule has 0 aliphatic heterocycles. The molecule has 2 aromatic carbocycles. The first-order valence-electron chi connectivity index (χ1n) is 9.86. The number of rotatable bonds is 7. The molecule has 0 atom stereocenters. The maximum atomic E-state index is 13.0. The van der Waals surface area contributed by atoms with Gasteiger partial charge < -0.3 is 19.4 Å². The monoisotopic (exact) mass is 420 g/mol. The largest absolute Gasteiger partial charge is 0.464 e. The number of carbonyl (C=O) groups excluding carboxylic acids is 3. The normalized spacial score (nSPS) is 11.3. The van der Waals surface area contributed by atoms with E-state index in [0.717, 1.165) is 16.5 Å². The van der Waals surface area contributed by atoms with Crippen LogP contribution in [0.4, 0.5) is 0 Å². The van der Waals surface area contributed by atoms with Crippen molar-refractivity contribution >= 4 is 34.8 Å². The molecule has 1 amide bonds. The number of carbonyl (C=O) groups is 3. The number of aromatic nitrogens is 1. The fourth-order valence-corrected chi connectivity index (χ4v) is 3.42. The highest BCUT2D eigenvalue weighted by Crippen LogP contribution is 2.30. The van der Waals surface area contributed by atoms with Gasteiger partial charge in [0.2, 0.25) is 5.91 Å². The highest BCUT2D eigenvalue weighted by Gasteiger charge is 2.24. The van der Waals surface area contributed by atoms with Crippen molar-refractivity contribution in [2.75, 3.05) is 13.7 Å². The number of esters is 2. The van der Waals surface area contributed by atoms with Gasteiger partial charge in [0.05, 0.1) is 13.7 Å². The number of fused-ring (bicyclic) bond motifs is 1. The number of hydrogen-bond acceptors (Lipinski definition) is 5. The number of benzene rings is 2. The summed E-state index contributed by atoms with van der Waals surface area (Å²) in [7, 11) is 1.23. The number of nitrogens with one attached hydrogen (secondary N) is 1. The molecule has 0 spiro atoms. The van der Waals surface area contributed by atoms with Crippen LogP contribution in [0.2, 0.25) is 0 Å². The average molecular weight is 420 g/mol. The summed E-state index contributed by atoms with van der Waals surface area (Å²) in [4.78, 5) is 36.9. The van der Waals surface area contributed by atoms with Gasteiger partial charge in [0.15, 0.2) is 0 Å². The smallest absolute Gasteiger partial charge is 0.355 e. The zero-order chi connectivity index (χ0) is 22.4. The Kier molecular flexibility index (Phi) is 6.87. The minimum absolute atomic E-state index is 0.0665. The van der Waals surface area contributed by atoms with Crippen molar-refractivity contribution < 1.29 is 23.9 Å². The Bertz CT molecular complexity index is 1150. The van der Waals surface area contributed by atoms with Gasteiger partial charge >= 0.3 is 11.9 Å². The Balaban J connectivity index is 2.30. The Morgan fingerprint density at radius 1 is 1.03 bits per heavy atom. The summed E-state index contributed by atoms with van der Waals surface area (Å²) in [6.45, 7) is 3.65. The molecule has 0 unspecified atom stereocenters. The van der Waals surface area contributed by atoms with Crippen LogP contribution in [0, 0.1) is 0 Å². The van der Waals surface area contributed by atoms with E-state index in [1.54, 1.807) is 6.92 Å². The molecule has 0 aliphatic rings. The van der Waals surface area contributed by atoms with Gasteiger partial charge in [-0.05, 0) is 24.6 Å². The molecular formula is C24H24N2O5. The third-order valence-corrected chi connectivity index (χ3v) is 4.67. The van der Waals surface area contributed by atoms with Crippen LogP contribution in [0.5, 0.6) is 0 Å². The van der Waals surface area contributed by atoms with Gasteiger partial charge in [0.1, 0.15) is 11.4 Å². The highest BCUT2D eigenvalue weighted by atomic mass is 16.5. The molecule has 3 rings (SSSR count). The van der Waals surface area contributed by atoms with E-state index in [4.69, 9.17) is 9.47 Å². The van der Waals surface area contributed by atoms with Crippen LogP contribution in [-0.2, 0) is 25.6 Å². The highest BCUT2D eigenvalue weighted by molar-refractivity contribution is 6.07. The summed E-state index contributed by atoms with van der Waals surface area (Å²) >= 11 is 0. The SMILES string of the molecule is CCOC(=O)c1c(/C=C(\NC(C)=O)C(=O)OC)c2ccccc2n1Cc1ccccc1. The number of ether oxygens (including phenoxy) is 2. The summed E-state index contributed by atoms with van der Waals surface area (Å²) in [6.07, 6.45) is 1.46. The number of hydrogen-bond donors (Lipinski definition) is 1. The first kappa shape index (κ1) is 21.8. The fraction of sp³-hybridized carbons (Fsp3) is 0.208. The Morgan fingerprint density at radius 3 is 2.35 bits per heavy atom. The lowest BCUT2D eigenvalue weighted by molar-refractivity contribution is -0.137. The van der Waals surface area contributed by atoms with E-state index in [2.05, 4.69) is 5.32 Å². The molecule has 0 saturated carbocycles. The Morgan fingerprint density at radius 2 is 1.71 bits per heavy atom. The molecule has 0 aliphatic carbocycles. The summed E-state index contributed by atoms with van der Waals surface area (Å²) in [5.74, 6) is -1.67. The van der Waals surface area contributed by atoms with Gasteiger partial charge in [-0.3, -0.25) is 4.79 Å². The molecule has 7 nitrogen and oxygen atoms in total. The van der Waals surface area contributed by atoms with Crippen LogP contribution in [-0.4, -0.2) is 36.1 Å². The number of nitrogens with zero attached hydrogens (tertiary/aromatic N) is 1. The van der Waals surface area contributed by atoms with E-state index in [1.807, 2.05) is 59.2 Å². The molecule has 0 saturated heterocycles. The second-order valence-corrected chi connectivity index (χ2v) is 6.80. The predicted molar refractivity (Wildman–Crippen MR) is 117 cm³/mol. The zero-order valence-corrected chi connectivity index (χ0v) is 17.7. The van der Waals surface area contributed by atoms with Gasteiger partial charge in [0, 0.05) is 29.9 Å². The van der Waals surface area contributed by atoms with E-state index in [1.165, 1.54) is 20.1 Å². The van der Waals surface area contributed by atoms with Gasteiger partial charge in [-0.1, -0.05) is 48.5 Å². The van der Waals surface area contributed by atoms with Crippen molar-refractivity contribution in [1.82, 2.24) is 9.88 Å². The lowest BCUT2D eigenvalue weighted by atomic mass is 10.1. The molecule has 0 radical (unpaired) electrons. The molecule has 1 aromatic heterocycles. The molecule has 3 aromatic rings. The van der Waals surface area contributed by atoms with Crippen LogP contribution in [0.1, 0.15) is 35.5 Å². The zero-order valence-electron chi connectivity index (χ0n) is 17.7. The topological polar surface area (TPSA) is 86.6 Å². The van der Waals surface area contributed by atoms with Crippen LogP contribution in [0.3, 0.4) is 0 Å². The summed E-state index contributed by atoms with van der Waals surface area (Å²) in [6, 6.07) is 17.2. The summed E-state index contributed by atoms with van der Waals surface area (Å²) < 4.78 is 12.0. The molecule has 160 valence electrons. The Labute approximate surface area is 180 Å². The minimum atomic E-state index is -0.718. The van der Waals surface area contributed by atoms with Crippen molar-refractivity contribution in [2.24, 2.45) is 0 Å². The van der Waals surface area contributed by atoms with Gasteiger partial charge in [-0.2, -0.15) is 0 Å². The fourth-order valence-electron chi connectivity index (χ4n) is 3.42. The number of amides is 1. The number of para-hydroxylation sites is 1. The molecule has 1 N–H and O–H groups in total. The quantitative estimate of drug-likeness (QED) is 0.467. The standard InChI is InChI=1S/C24H24N2O5/c1-4-31-24(29)22-19(14-20(23(28)30-3)25-16(2)27)18-12-8-9-13-21(18)26(22)15-17-10-6-5-7-11-17/h5-14H,4,15H2,1-3H3,(H,25,27)/b20-14-. The van der Waals surface area contributed by atoms with Crippen LogP contribution in [0.25, 0.3) is 17.0 Å². The van der Waals surface area contributed by atoms with Crippen LogP contribution >= 0.6 is 0 Å². The van der Waals surface area contributed by atoms with Crippen molar-refractivity contribution in [3.63, 3.8) is 0 Å². The van der Waals surface area contributed by atoms with Crippen LogP contribution in [0.15, 0.2) is 60.3 Å². The molecular weight excluding hydrogens is 396 g/mol. The van der Waals surface area contributed by atoms with Crippen molar-refractivity contribution in [2.45, 2.75) is 20.4 Å². The minimum Gasteiger partial charge on any atom is -0.464 e. The van der Waals surface area contributed by atoms with Crippen molar-refractivity contribution in [3.8, 4) is 0 Å². The molecule has 0 bridgehead atoms. The average Bonchev–Trinajstić information content (AvgIpc) is 3.06. The van der Waals surface area contributed by atoms with E-state index < -0.39 is 17.8 Å². The number of methoxy groups -OCH3 is 1. The third-order valence-electron chi connectivity index (χ3n) is 4.67. The first-order chi connectivity index (χ1) is 15.0. The third kappa shape index (κ3) is 4.83. The van der Waals surface area contributed by atoms with Crippen molar-refractivity contribution in [3.05, 3.63) is 77.1 Å². The van der Waals surface area contributed by atoms with Gasteiger partial charge in [-0.25, -0.2) is 9.59 Å².